The summed E-state index contributed by atoms with van der Waals surface area (Å²) in [6.45, 7) is 0.717. The van der Waals surface area contributed by atoms with E-state index in [1.165, 1.54) is 6.07 Å². The van der Waals surface area contributed by atoms with E-state index in [2.05, 4.69) is 0 Å². The van der Waals surface area contributed by atoms with E-state index < -0.39 is 11.8 Å². The molecule has 0 aliphatic carbocycles. The minimum Gasteiger partial charge on any atom is -0.497 e. The Balaban J connectivity index is 2.19. The minimum absolute atomic E-state index is 0.0214. The number of rotatable bonds is 4. The number of hydrogen-bond acceptors (Lipinski definition) is 4. The van der Waals surface area contributed by atoms with Crippen LogP contribution in [0.25, 0.3) is 0 Å². The second-order valence-electron chi connectivity index (χ2n) is 5.01. The first-order valence-electron chi connectivity index (χ1n) is 7.03. The summed E-state index contributed by atoms with van der Waals surface area (Å²) in [7, 11) is 1.58. The van der Waals surface area contributed by atoms with E-state index in [0.29, 0.717) is 30.1 Å². The van der Waals surface area contributed by atoms with Crippen molar-refractivity contribution in [3.05, 3.63) is 64.2 Å². The van der Waals surface area contributed by atoms with Crippen molar-refractivity contribution in [3.63, 3.8) is 0 Å². The number of methoxy groups -OCH3 is 1. The van der Waals surface area contributed by atoms with Crippen LogP contribution in [0.2, 0.25) is 5.02 Å². The van der Waals surface area contributed by atoms with Gasteiger partial charge in [0, 0.05) is 11.1 Å². The molecule has 1 fully saturated rings. The van der Waals surface area contributed by atoms with E-state index in [0.717, 1.165) is 0 Å². The van der Waals surface area contributed by atoms with E-state index in [4.69, 9.17) is 25.8 Å². The standard InChI is InChI=1S/C17H15ClO5/c1-21-12-7-5-11(6-8-12)17(22-9-10-23-17)13-3-2-4-14(18)15(13)16(19)20/h2-8H,9-10H2,1H3,(H,19,20). The van der Waals surface area contributed by atoms with Gasteiger partial charge in [-0.25, -0.2) is 4.79 Å². The predicted molar refractivity (Wildman–Crippen MR) is 84.1 cm³/mol. The number of benzene rings is 2. The maximum absolute atomic E-state index is 11.7. The van der Waals surface area contributed by atoms with Crippen molar-refractivity contribution in [1.82, 2.24) is 0 Å². The van der Waals surface area contributed by atoms with Gasteiger partial charge in [0.2, 0.25) is 5.79 Å². The highest BCUT2D eigenvalue weighted by atomic mass is 35.5. The summed E-state index contributed by atoms with van der Waals surface area (Å²) < 4.78 is 16.8. The molecule has 0 radical (unpaired) electrons. The van der Waals surface area contributed by atoms with Gasteiger partial charge in [0.15, 0.2) is 0 Å². The molecular formula is C17H15ClO5. The van der Waals surface area contributed by atoms with Crippen LogP contribution < -0.4 is 4.74 Å². The molecule has 1 aliphatic rings. The third kappa shape index (κ3) is 2.67. The van der Waals surface area contributed by atoms with Gasteiger partial charge >= 0.3 is 5.97 Å². The maximum atomic E-state index is 11.7. The Morgan fingerprint density at radius 3 is 2.39 bits per heavy atom. The Kier molecular flexibility index (Phi) is 4.26. The first-order chi connectivity index (χ1) is 11.1. The Morgan fingerprint density at radius 1 is 1.17 bits per heavy atom. The lowest BCUT2D eigenvalue weighted by Crippen LogP contribution is -2.31. The molecule has 2 aromatic carbocycles. The number of carboxylic acid groups (broad SMARTS) is 1. The monoisotopic (exact) mass is 334 g/mol. The molecule has 0 aromatic heterocycles. The Hall–Kier alpha value is -2.08. The van der Waals surface area contributed by atoms with Crippen LogP contribution in [0.5, 0.6) is 5.75 Å². The van der Waals surface area contributed by atoms with Gasteiger partial charge in [-0.05, 0) is 30.3 Å². The number of carbonyl (C=O) groups is 1. The third-order valence-electron chi connectivity index (χ3n) is 3.75. The van der Waals surface area contributed by atoms with Gasteiger partial charge in [-0.2, -0.15) is 0 Å². The zero-order valence-electron chi connectivity index (χ0n) is 12.4. The van der Waals surface area contributed by atoms with E-state index in [9.17, 15) is 9.90 Å². The summed E-state index contributed by atoms with van der Waals surface area (Å²) >= 11 is 6.09. The van der Waals surface area contributed by atoms with Crippen LogP contribution in [0.1, 0.15) is 21.5 Å². The highest BCUT2D eigenvalue weighted by Crippen LogP contribution is 2.42. The van der Waals surface area contributed by atoms with Crippen LogP contribution in [0.15, 0.2) is 42.5 Å². The molecule has 1 saturated heterocycles. The number of aromatic carboxylic acids is 1. The summed E-state index contributed by atoms with van der Waals surface area (Å²) in [5, 5.41) is 9.68. The molecule has 5 nitrogen and oxygen atoms in total. The number of halogens is 1. The number of carboxylic acids is 1. The SMILES string of the molecule is COc1ccc(C2(c3cccc(Cl)c3C(=O)O)OCCO2)cc1. The fourth-order valence-corrected chi connectivity index (χ4v) is 2.97. The molecule has 1 aliphatic heterocycles. The van der Waals surface area contributed by atoms with E-state index in [1.54, 1.807) is 43.5 Å². The molecule has 1 heterocycles. The second-order valence-corrected chi connectivity index (χ2v) is 5.42. The molecule has 0 amide bonds. The van der Waals surface area contributed by atoms with Crippen molar-refractivity contribution in [2.75, 3.05) is 20.3 Å². The second kappa shape index (κ2) is 6.20. The van der Waals surface area contributed by atoms with Gasteiger partial charge < -0.3 is 19.3 Å². The molecule has 120 valence electrons. The Morgan fingerprint density at radius 2 is 1.83 bits per heavy atom. The average molecular weight is 335 g/mol. The molecule has 2 aromatic rings. The largest absolute Gasteiger partial charge is 0.497 e. The van der Waals surface area contributed by atoms with Crippen LogP contribution in [-0.2, 0) is 15.3 Å². The normalized spacial score (nSPS) is 16.3. The zero-order chi connectivity index (χ0) is 16.4. The van der Waals surface area contributed by atoms with Crippen molar-refractivity contribution in [2.24, 2.45) is 0 Å². The zero-order valence-corrected chi connectivity index (χ0v) is 13.2. The van der Waals surface area contributed by atoms with E-state index in [1.807, 2.05) is 0 Å². The molecule has 6 heteroatoms. The first kappa shape index (κ1) is 15.8. The van der Waals surface area contributed by atoms with Crippen molar-refractivity contribution in [1.29, 1.82) is 0 Å². The van der Waals surface area contributed by atoms with Crippen molar-refractivity contribution in [2.45, 2.75) is 5.79 Å². The van der Waals surface area contributed by atoms with E-state index in [-0.39, 0.29) is 10.6 Å². The highest BCUT2D eigenvalue weighted by molar-refractivity contribution is 6.33. The van der Waals surface area contributed by atoms with Crippen LogP contribution in [0.3, 0.4) is 0 Å². The molecule has 0 unspecified atom stereocenters. The lowest BCUT2D eigenvalue weighted by atomic mass is 9.93. The van der Waals surface area contributed by atoms with Gasteiger partial charge in [0.05, 0.1) is 30.9 Å². The Bertz CT molecular complexity index is 720. The van der Waals surface area contributed by atoms with Gasteiger partial charge in [-0.3, -0.25) is 0 Å². The van der Waals surface area contributed by atoms with Crippen molar-refractivity contribution >= 4 is 17.6 Å². The summed E-state index contributed by atoms with van der Waals surface area (Å²) in [5.74, 6) is -1.73. The molecule has 1 N–H and O–H groups in total. The molecule has 23 heavy (non-hydrogen) atoms. The van der Waals surface area contributed by atoms with Crippen molar-refractivity contribution < 1.29 is 24.1 Å². The molecule has 3 rings (SSSR count). The number of hydrogen-bond donors (Lipinski definition) is 1. The average Bonchev–Trinajstić information content (AvgIpc) is 3.05. The molecule has 0 saturated carbocycles. The molecule has 0 atom stereocenters. The quantitative estimate of drug-likeness (QED) is 0.929. The van der Waals surface area contributed by atoms with Gasteiger partial charge in [0.25, 0.3) is 0 Å². The predicted octanol–water partition coefficient (Wildman–Crippen LogP) is 3.29. The van der Waals surface area contributed by atoms with Crippen LogP contribution in [0, 0.1) is 0 Å². The highest BCUT2D eigenvalue weighted by Gasteiger charge is 2.43. The molecular weight excluding hydrogens is 320 g/mol. The smallest absolute Gasteiger partial charge is 0.337 e. The lowest BCUT2D eigenvalue weighted by molar-refractivity contribution is -0.130. The van der Waals surface area contributed by atoms with E-state index >= 15 is 0 Å². The van der Waals surface area contributed by atoms with Gasteiger partial charge in [0.1, 0.15) is 5.75 Å². The van der Waals surface area contributed by atoms with Crippen LogP contribution in [-0.4, -0.2) is 31.4 Å². The van der Waals surface area contributed by atoms with Crippen LogP contribution >= 0.6 is 11.6 Å². The summed E-state index contributed by atoms with van der Waals surface area (Å²) in [6, 6.07) is 12.0. The summed E-state index contributed by atoms with van der Waals surface area (Å²) in [4.78, 5) is 11.7. The third-order valence-corrected chi connectivity index (χ3v) is 4.06. The number of ether oxygens (including phenoxy) is 3. The Labute approximate surface area is 138 Å². The summed E-state index contributed by atoms with van der Waals surface area (Å²) in [6.07, 6.45) is 0. The molecule has 0 bridgehead atoms. The fraction of sp³-hybridized carbons (Fsp3) is 0.235. The topological polar surface area (TPSA) is 65.0 Å². The lowest BCUT2D eigenvalue weighted by Gasteiger charge is -2.30. The maximum Gasteiger partial charge on any atom is 0.337 e. The van der Waals surface area contributed by atoms with Gasteiger partial charge in [-0.1, -0.05) is 23.7 Å². The molecule has 0 spiro atoms. The summed E-state index contributed by atoms with van der Waals surface area (Å²) in [5.41, 5.74) is 1.03. The van der Waals surface area contributed by atoms with Crippen LogP contribution in [0.4, 0.5) is 0 Å². The first-order valence-corrected chi connectivity index (χ1v) is 7.41. The minimum atomic E-state index is -1.29. The van der Waals surface area contributed by atoms with Gasteiger partial charge in [-0.15, -0.1) is 0 Å². The fourth-order valence-electron chi connectivity index (χ4n) is 2.72. The van der Waals surface area contributed by atoms with Crippen molar-refractivity contribution in [3.8, 4) is 5.75 Å².